The Morgan fingerprint density at radius 2 is 1.91 bits per heavy atom. The molecule has 8 nitrogen and oxygen atoms in total. The lowest BCUT2D eigenvalue weighted by Crippen LogP contribution is -2.33. The Bertz CT molecular complexity index is 1440. The first kappa shape index (κ1) is 23.9. The second kappa shape index (κ2) is 10.4. The van der Waals surface area contributed by atoms with Crippen molar-refractivity contribution in [3.8, 4) is 11.5 Å². The van der Waals surface area contributed by atoms with E-state index < -0.39 is 28.6 Å². The zero-order valence-corrected chi connectivity index (χ0v) is 19.2. The normalized spacial score (nSPS) is 10.9. The third kappa shape index (κ3) is 5.15. The van der Waals surface area contributed by atoms with Crippen LogP contribution in [-0.2, 0) is 24.8 Å². The number of carbonyl (C=O) groups is 1. The summed E-state index contributed by atoms with van der Waals surface area (Å²) in [6.45, 7) is 0.168. The summed E-state index contributed by atoms with van der Waals surface area (Å²) in [6.07, 6.45) is 1.88. The topological polar surface area (TPSA) is 103 Å². The molecule has 2 aromatic carbocycles. The number of halogens is 1. The molecule has 0 aliphatic rings. The van der Waals surface area contributed by atoms with Gasteiger partial charge in [-0.25, -0.2) is 4.39 Å². The number of pyridine rings is 2. The molecule has 2 aromatic heterocycles. The van der Waals surface area contributed by atoms with Crippen LogP contribution in [0, 0.1) is 5.82 Å². The Morgan fingerprint density at radius 1 is 1.14 bits per heavy atom. The predicted octanol–water partition coefficient (Wildman–Crippen LogP) is 3.28. The molecule has 1 amide bonds. The van der Waals surface area contributed by atoms with E-state index in [4.69, 9.17) is 9.47 Å². The fourth-order valence-electron chi connectivity index (χ4n) is 3.72. The highest BCUT2D eigenvalue weighted by Gasteiger charge is 2.22. The van der Waals surface area contributed by atoms with Crippen molar-refractivity contribution in [3.05, 3.63) is 99.2 Å². The molecule has 0 bridgehead atoms. The quantitative estimate of drug-likeness (QED) is 0.378. The number of aromatic hydroxyl groups is 1. The molecule has 2 N–H and O–H groups in total. The van der Waals surface area contributed by atoms with Crippen LogP contribution in [0.15, 0.2) is 65.6 Å². The average Bonchev–Trinajstić information content (AvgIpc) is 2.87. The molecule has 2 heterocycles. The highest BCUT2D eigenvalue weighted by atomic mass is 19.1. The maximum atomic E-state index is 13.9. The fraction of sp³-hybridized carbons (Fsp3) is 0.192. The highest BCUT2D eigenvalue weighted by Crippen LogP contribution is 2.28. The molecule has 0 saturated carbocycles. The van der Waals surface area contributed by atoms with E-state index in [9.17, 15) is 19.1 Å². The summed E-state index contributed by atoms with van der Waals surface area (Å²) in [4.78, 5) is 29.4. The molecular formula is C26H24FN3O5. The van der Waals surface area contributed by atoms with Gasteiger partial charge in [0.15, 0.2) is 5.75 Å². The Kier molecular flexibility index (Phi) is 7.07. The second-order valence-corrected chi connectivity index (χ2v) is 7.94. The van der Waals surface area contributed by atoms with Gasteiger partial charge in [-0.05, 0) is 28.8 Å². The van der Waals surface area contributed by atoms with Crippen LogP contribution in [0.4, 0.5) is 4.39 Å². The lowest BCUT2D eigenvalue weighted by atomic mass is 10.0. The fourth-order valence-corrected chi connectivity index (χ4v) is 3.72. The summed E-state index contributed by atoms with van der Waals surface area (Å²) in [7, 11) is 2.88. The molecule has 0 aliphatic heterocycles. The van der Waals surface area contributed by atoms with Crippen molar-refractivity contribution in [2.45, 2.75) is 13.0 Å². The molecule has 4 rings (SSSR count). The van der Waals surface area contributed by atoms with Gasteiger partial charge in [0.25, 0.3) is 11.5 Å². The summed E-state index contributed by atoms with van der Waals surface area (Å²) in [6, 6.07) is 15.6. The zero-order valence-electron chi connectivity index (χ0n) is 19.2. The number of methoxy groups -OCH3 is 1. The smallest absolute Gasteiger partial charge is 0.267 e. The Labute approximate surface area is 200 Å². The van der Waals surface area contributed by atoms with Crippen LogP contribution in [0.2, 0.25) is 0 Å². The molecule has 0 unspecified atom stereocenters. The van der Waals surface area contributed by atoms with Gasteiger partial charge < -0.3 is 24.5 Å². The maximum Gasteiger partial charge on any atom is 0.267 e. The molecule has 35 heavy (non-hydrogen) atoms. The number of nitrogens with one attached hydrogen (secondary N) is 1. The van der Waals surface area contributed by atoms with Gasteiger partial charge in [0.1, 0.15) is 36.0 Å². The van der Waals surface area contributed by atoms with Gasteiger partial charge in [0.2, 0.25) is 0 Å². The van der Waals surface area contributed by atoms with Crippen molar-refractivity contribution in [1.29, 1.82) is 0 Å². The van der Waals surface area contributed by atoms with Gasteiger partial charge in [0, 0.05) is 32.8 Å². The molecule has 4 aromatic rings. The van der Waals surface area contributed by atoms with E-state index in [1.165, 1.54) is 37.1 Å². The minimum absolute atomic E-state index is 0.109. The van der Waals surface area contributed by atoms with Crippen molar-refractivity contribution >= 4 is 16.9 Å². The van der Waals surface area contributed by atoms with Crippen molar-refractivity contribution in [2.24, 2.45) is 7.05 Å². The lowest BCUT2D eigenvalue weighted by molar-refractivity contribution is 0.0867. The minimum Gasteiger partial charge on any atom is -0.505 e. The molecule has 9 heteroatoms. The molecule has 180 valence electrons. The van der Waals surface area contributed by atoms with Crippen LogP contribution in [0.1, 0.15) is 27.0 Å². The number of ether oxygens (including phenoxy) is 2. The van der Waals surface area contributed by atoms with Crippen molar-refractivity contribution in [3.63, 3.8) is 0 Å². The van der Waals surface area contributed by atoms with E-state index in [1.807, 2.05) is 30.3 Å². The summed E-state index contributed by atoms with van der Waals surface area (Å²) in [5, 5.41) is 13.0. The number of rotatable bonds is 8. The van der Waals surface area contributed by atoms with E-state index in [1.54, 1.807) is 12.1 Å². The van der Waals surface area contributed by atoms with Crippen LogP contribution in [0.25, 0.3) is 11.0 Å². The van der Waals surface area contributed by atoms with E-state index >= 15 is 0 Å². The first-order valence-corrected chi connectivity index (χ1v) is 10.8. The van der Waals surface area contributed by atoms with Crippen LogP contribution >= 0.6 is 0 Å². The molecule has 0 saturated heterocycles. The average molecular weight is 477 g/mol. The van der Waals surface area contributed by atoms with Crippen molar-refractivity contribution in [1.82, 2.24) is 14.9 Å². The third-order valence-corrected chi connectivity index (χ3v) is 5.53. The van der Waals surface area contributed by atoms with Crippen LogP contribution in [0.3, 0.4) is 0 Å². The first-order valence-electron chi connectivity index (χ1n) is 10.8. The number of amides is 1. The number of aryl methyl sites for hydroxylation is 1. The summed E-state index contributed by atoms with van der Waals surface area (Å²) in [5.41, 5.74) is 1.77. The Hall–Kier alpha value is -4.24. The van der Waals surface area contributed by atoms with E-state index in [0.29, 0.717) is 23.3 Å². The van der Waals surface area contributed by atoms with E-state index in [2.05, 4.69) is 10.3 Å². The summed E-state index contributed by atoms with van der Waals surface area (Å²) < 4.78 is 25.9. The number of hydrogen-bond donors (Lipinski definition) is 2. The van der Waals surface area contributed by atoms with Gasteiger partial charge in [0.05, 0.1) is 5.52 Å². The molecule has 0 spiro atoms. The van der Waals surface area contributed by atoms with Gasteiger partial charge in [-0.1, -0.05) is 36.4 Å². The second-order valence-electron chi connectivity index (χ2n) is 7.94. The lowest BCUT2D eigenvalue weighted by Gasteiger charge is -2.14. The molecule has 0 atom stereocenters. The number of hydrogen-bond acceptors (Lipinski definition) is 6. The number of fused-ring (bicyclic) bond motifs is 1. The van der Waals surface area contributed by atoms with Crippen LogP contribution < -0.4 is 15.6 Å². The maximum absolute atomic E-state index is 13.9. The van der Waals surface area contributed by atoms with E-state index in [-0.39, 0.29) is 18.9 Å². The van der Waals surface area contributed by atoms with Gasteiger partial charge in [-0.3, -0.25) is 14.6 Å². The summed E-state index contributed by atoms with van der Waals surface area (Å²) >= 11 is 0. The van der Waals surface area contributed by atoms with Crippen molar-refractivity contribution < 1.29 is 23.8 Å². The predicted molar refractivity (Wildman–Crippen MR) is 128 cm³/mol. The number of carbonyl (C=O) groups excluding carboxylic acids is 1. The third-order valence-electron chi connectivity index (χ3n) is 5.53. The molecule has 0 fully saturated rings. The van der Waals surface area contributed by atoms with Gasteiger partial charge >= 0.3 is 0 Å². The molecule has 0 aliphatic carbocycles. The van der Waals surface area contributed by atoms with Gasteiger partial charge in [-0.2, -0.15) is 0 Å². The number of nitrogens with zero attached hydrogens (tertiary/aromatic N) is 2. The molecule has 0 radical (unpaired) electrons. The van der Waals surface area contributed by atoms with Crippen LogP contribution in [-0.4, -0.2) is 34.4 Å². The zero-order chi connectivity index (χ0) is 24.9. The first-order chi connectivity index (χ1) is 16.9. The number of aromatic nitrogens is 2. The van der Waals surface area contributed by atoms with E-state index in [0.717, 1.165) is 11.1 Å². The standard InChI is InChI=1S/C26H24FN3O5/c1-30-20-11-17(13-28-23(20)24(31)22(26(30)33)25(32)29-15-34-2)10-18-8-9-19(27)12-21(18)35-14-16-6-4-3-5-7-16/h3-9,11-13,31H,10,14-15H2,1-2H3,(H,29,32). The minimum atomic E-state index is -0.760. The Morgan fingerprint density at radius 3 is 2.66 bits per heavy atom. The monoisotopic (exact) mass is 477 g/mol. The number of benzene rings is 2. The van der Waals surface area contributed by atoms with Crippen LogP contribution in [0.5, 0.6) is 11.5 Å². The van der Waals surface area contributed by atoms with Gasteiger partial charge in [-0.15, -0.1) is 0 Å². The Balaban J connectivity index is 1.66. The SMILES string of the molecule is COCNC(=O)c1c(O)c2ncc(Cc3ccc(F)cc3OCc3ccccc3)cc2n(C)c1=O. The molecular weight excluding hydrogens is 453 g/mol. The largest absolute Gasteiger partial charge is 0.505 e. The summed E-state index contributed by atoms with van der Waals surface area (Å²) in [5.74, 6) is -1.28. The van der Waals surface area contributed by atoms with Crippen molar-refractivity contribution in [2.75, 3.05) is 13.8 Å². The highest BCUT2D eigenvalue weighted by molar-refractivity contribution is 6.01.